The van der Waals surface area contributed by atoms with Crippen molar-refractivity contribution in [3.8, 4) is 11.4 Å². The highest BCUT2D eigenvalue weighted by molar-refractivity contribution is 5.59. The molecule has 112 valence electrons. The maximum Gasteiger partial charge on any atom is 0.164 e. The molecule has 1 aliphatic carbocycles. The van der Waals surface area contributed by atoms with E-state index in [2.05, 4.69) is 31.2 Å². The summed E-state index contributed by atoms with van der Waals surface area (Å²) in [6, 6.07) is 0.353. The van der Waals surface area contributed by atoms with Crippen LogP contribution in [-0.4, -0.2) is 26.3 Å². The molecular formula is C16H23N5. The fraction of sp³-hybridized carbons (Fsp3) is 0.562. The molecule has 0 fully saturated rings. The third-order valence-electron chi connectivity index (χ3n) is 3.86. The number of hydrogen-bond donors (Lipinski definition) is 1. The van der Waals surface area contributed by atoms with Crippen molar-refractivity contribution in [2.24, 2.45) is 0 Å². The number of anilines is 1. The zero-order valence-corrected chi connectivity index (χ0v) is 13.1. The average molecular weight is 285 g/mol. The lowest BCUT2D eigenvalue weighted by molar-refractivity contribution is 0.532. The Morgan fingerprint density at radius 2 is 2.14 bits per heavy atom. The number of fused-ring (bicyclic) bond motifs is 1. The highest BCUT2D eigenvalue weighted by atomic mass is 15.3. The van der Waals surface area contributed by atoms with E-state index in [1.807, 2.05) is 17.1 Å². The van der Waals surface area contributed by atoms with E-state index in [1.54, 1.807) is 0 Å². The highest BCUT2D eigenvalue weighted by Crippen LogP contribution is 2.29. The topological polar surface area (TPSA) is 55.6 Å². The molecule has 2 aromatic heterocycles. The van der Waals surface area contributed by atoms with Crippen LogP contribution in [0.25, 0.3) is 11.4 Å². The maximum atomic E-state index is 4.76. The van der Waals surface area contributed by atoms with Gasteiger partial charge in [0.05, 0.1) is 11.8 Å². The normalized spacial score (nSPS) is 13.7. The molecular weight excluding hydrogens is 262 g/mol. The molecule has 3 rings (SSSR count). The maximum absolute atomic E-state index is 4.76. The lowest BCUT2D eigenvalue weighted by Gasteiger charge is -2.11. The standard InChI is InChI=1S/C16H23N5/c1-4-8-17-16-13-6-5-7-14(13)19-15(20-16)12-9-18-21(10-12)11(2)3/h9-11H,4-8H2,1-3H3,(H,17,19,20). The van der Waals surface area contributed by atoms with E-state index in [9.17, 15) is 0 Å². The molecule has 0 aliphatic heterocycles. The summed E-state index contributed by atoms with van der Waals surface area (Å²) in [7, 11) is 0. The molecule has 1 N–H and O–H groups in total. The van der Waals surface area contributed by atoms with Gasteiger partial charge in [-0.25, -0.2) is 9.97 Å². The molecule has 5 heteroatoms. The highest BCUT2D eigenvalue weighted by Gasteiger charge is 2.20. The van der Waals surface area contributed by atoms with E-state index in [0.717, 1.165) is 43.0 Å². The fourth-order valence-electron chi connectivity index (χ4n) is 2.69. The molecule has 21 heavy (non-hydrogen) atoms. The van der Waals surface area contributed by atoms with E-state index in [4.69, 9.17) is 9.97 Å². The van der Waals surface area contributed by atoms with Crippen LogP contribution in [0.2, 0.25) is 0 Å². The van der Waals surface area contributed by atoms with Crippen molar-refractivity contribution in [1.82, 2.24) is 19.7 Å². The second-order valence-corrected chi connectivity index (χ2v) is 5.90. The van der Waals surface area contributed by atoms with Crippen LogP contribution >= 0.6 is 0 Å². The van der Waals surface area contributed by atoms with Gasteiger partial charge in [0.1, 0.15) is 5.82 Å². The molecule has 0 saturated heterocycles. The van der Waals surface area contributed by atoms with Gasteiger partial charge in [0.25, 0.3) is 0 Å². The Labute approximate surface area is 125 Å². The summed E-state index contributed by atoms with van der Waals surface area (Å²) < 4.78 is 1.95. The van der Waals surface area contributed by atoms with E-state index < -0.39 is 0 Å². The summed E-state index contributed by atoms with van der Waals surface area (Å²) in [6.45, 7) is 7.36. The van der Waals surface area contributed by atoms with Crippen molar-refractivity contribution in [1.29, 1.82) is 0 Å². The molecule has 0 spiro atoms. The monoisotopic (exact) mass is 285 g/mol. The number of nitrogens with one attached hydrogen (secondary N) is 1. The van der Waals surface area contributed by atoms with Crippen LogP contribution in [0.5, 0.6) is 0 Å². The van der Waals surface area contributed by atoms with Crippen LogP contribution in [0.15, 0.2) is 12.4 Å². The predicted octanol–water partition coefficient (Wildman–Crippen LogP) is 3.23. The first kappa shape index (κ1) is 14.0. The smallest absolute Gasteiger partial charge is 0.164 e. The molecule has 0 radical (unpaired) electrons. The Morgan fingerprint density at radius 1 is 1.29 bits per heavy atom. The van der Waals surface area contributed by atoms with Gasteiger partial charge < -0.3 is 5.32 Å². The lowest BCUT2D eigenvalue weighted by Crippen LogP contribution is -2.08. The largest absolute Gasteiger partial charge is 0.370 e. The van der Waals surface area contributed by atoms with E-state index >= 15 is 0 Å². The first-order chi connectivity index (χ1) is 10.2. The van der Waals surface area contributed by atoms with Gasteiger partial charge >= 0.3 is 0 Å². The van der Waals surface area contributed by atoms with E-state index in [-0.39, 0.29) is 0 Å². The lowest BCUT2D eigenvalue weighted by atomic mass is 10.2. The summed E-state index contributed by atoms with van der Waals surface area (Å²) in [4.78, 5) is 9.51. The number of aryl methyl sites for hydroxylation is 1. The van der Waals surface area contributed by atoms with Crippen molar-refractivity contribution in [2.75, 3.05) is 11.9 Å². The van der Waals surface area contributed by atoms with Gasteiger partial charge in [0, 0.05) is 30.0 Å². The zero-order valence-electron chi connectivity index (χ0n) is 13.1. The van der Waals surface area contributed by atoms with Crippen molar-refractivity contribution in [2.45, 2.75) is 52.5 Å². The molecule has 0 atom stereocenters. The van der Waals surface area contributed by atoms with Crippen molar-refractivity contribution < 1.29 is 0 Å². The first-order valence-corrected chi connectivity index (χ1v) is 7.87. The van der Waals surface area contributed by atoms with Crippen molar-refractivity contribution >= 4 is 5.82 Å². The third kappa shape index (κ3) is 2.77. The van der Waals surface area contributed by atoms with Gasteiger partial charge in [0.2, 0.25) is 0 Å². The Balaban J connectivity index is 1.98. The van der Waals surface area contributed by atoms with Gasteiger partial charge in [-0.15, -0.1) is 0 Å². The molecule has 0 amide bonds. The van der Waals surface area contributed by atoms with E-state index in [0.29, 0.717) is 6.04 Å². The Bertz CT molecular complexity index is 630. The molecule has 2 heterocycles. The Kier molecular flexibility index (Phi) is 3.90. The summed E-state index contributed by atoms with van der Waals surface area (Å²) in [5.74, 6) is 1.81. The molecule has 0 aromatic carbocycles. The van der Waals surface area contributed by atoms with Crippen LogP contribution in [0.3, 0.4) is 0 Å². The molecule has 2 aromatic rings. The third-order valence-corrected chi connectivity index (χ3v) is 3.86. The number of hydrogen-bond acceptors (Lipinski definition) is 4. The average Bonchev–Trinajstić information content (AvgIpc) is 3.12. The molecule has 5 nitrogen and oxygen atoms in total. The fourth-order valence-corrected chi connectivity index (χ4v) is 2.69. The summed E-state index contributed by atoms with van der Waals surface area (Å²) in [5.41, 5.74) is 3.51. The minimum absolute atomic E-state index is 0.353. The van der Waals surface area contributed by atoms with Crippen LogP contribution in [0, 0.1) is 0 Å². The first-order valence-electron chi connectivity index (χ1n) is 7.87. The van der Waals surface area contributed by atoms with E-state index in [1.165, 1.54) is 17.7 Å². The zero-order chi connectivity index (χ0) is 14.8. The summed E-state index contributed by atoms with van der Waals surface area (Å²) in [6.07, 6.45) is 8.32. The van der Waals surface area contributed by atoms with Crippen LogP contribution < -0.4 is 5.32 Å². The van der Waals surface area contributed by atoms with Gasteiger partial charge in [-0.1, -0.05) is 6.92 Å². The molecule has 0 unspecified atom stereocenters. The van der Waals surface area contributed by atoms with Gasteiger partial charge in [-0.05, 0) is 39.5 Å². The van der Waals surface area contributed by atoms with Gasteiger partial charge in [-0.3, -0.25) is 4.68 Å². The van der Waals surface area contributed by atoms with Crippen molar-refractivity contribution in [3.63, 3.8) is 0 Å². The number of nitrogens with zero attached hydrogens (tertiary/aromatic N) is 4. The summed E-state index contributed by atoms with van der Waals surface area (Å²) in [5, 5.41) is 7.85. The number of rotatable bonds is 5. The second kappa shape index (κ2) is 5.84. The molecule has 0 bridgehead atoms. The number of aromatic nitrogens is 4. The summed E-state index contributed by atoms with van der Waals surface area (Å²) >= 11 is 0. The second-order valence-electron chi connectivity index (χ2n) is 5.90. The Morgan fingerprint density at radius 3 is 2.86 bits per heavy atom. The SMILES string of the molecule is CCCNc1nc(-c2cnn(C(C)C)c2)nc2c1CCC2. The van der Waals surface area contributed by atoms with Gasteiger partial charge in [-0.2, -0.15) is 5.10 Å². The quantitative estimate of drug-likeness (QED) is 0.916. The minimum atomic E-state index is 0.353. The Hall–Kier alpha value is -1.91. The molecule has 0 saturated carbocycles. The minimum Gasteiger partial charge on any atom is -0.370 e. The van der Waals surface area contributed by atoms with Crippen LogP contribution in [0.1, 0.15) is 50.9 Å². The van der Waals surface area contributed by atoms with Crippen LogP contribution in [-0.2, 0) is 12.8 Å². The van der Waals surface area contributed by atoms with Gasteiger partial charge in [0.15, 0.2) is 5.82 Å². The van der Waals surface area contributed by atoms with Crippen LogP contribution in [0.4, 0.5) is 5.82 Å². The van der Waals surface area contributed by atoms with Crippen molar-refractivity contribution in [3.05, 3.63) is 23.7 Å². The predicted molar refractivity (Wildman–Crippen MR) is 84.4 cm³/mol. The molecule has 1 aliphatic rings.